The second-order valence-electron chi connectivity index (χ2n) is 9.37. The van der Waals surface area contributed by atoms with E-state index in [1.807, 2.05) is 20.0 Å². The van der Waals surface area contributed by atoms with Crippen molar-refractivity contribution in [1.82, 2.24) is 19.3 Å². The lowest BCUT2D eigenvalue weighted by Crippen LogP contribution is -2.32. The molecule has 1 saturated carbocycles. The van der Waals surface area contributed by atoms with Gasteiger partial charge in [-0.25, -0.2) is 4.98 Å². The predicted molar refractivity (Wildman–Crippen MR) is 122 cm³/mol. The predicted octanol–water partition coefficient (Wildman–Crippen LogP) is 5.46. The number of alkyl halides is 3. The Balaban J connectivity index is 1.49. The zero-order valence-electron chi connectivity index (χ0n) is 18.9. The number of nitrogens with zero attached hydrogens (tertiary/aromatic N) is 4. The normalized spacial score (nSPS) is 18.6. The number of aromatic nitrogens is 3. The lowest BCUT2D eigenvalue weighted by atomic mass is 9.94. The Bertz CT molecular complexity index is 1180. The third-order valence-corrected chi connectivity index (χ3v) is 7.00. The number of benzene rings is 1. The molecular formula is C24H29F3N6. The molecule has 0 saturated heterocycles. The molecule has 33 heavy (non-hydrogen) atoms. The highest BCUT2D eigenvalue weighted by molar-refractivity contribution is 5.57. The van der Waals surface area contributed by atoms with Crippen molar-refractivity contribution < 1.29 is 13.2 Å². The Morgan fingerprint density at radius 2 is 1.88 bits per heavy atom. The molecule has 0 spiro atoms. The fourth-order valence-corrected chi connectivity index (χ4v) is 5.26. The smallest absolute Gasteiger partial charge is 0.399 e. The average Bonchev–Trinajstić information content (AvgIpc) is 3.37. The molecular weight excluding hydrogens is 429 g/mol. The van der Waals surface area contributed by atoms with Gasteiger partial charge in [-0.2, -0.15) is 18.2 Å². The van der Waals surface area contributed by atoms with E-state index in [2.05, 4.69) is 19.6 Å². The summed E-state index contributed by atoms with van der Waals surface area (Å²) in [5.41, 5.74) is 8.91. The largest absolute Gasteiger partial charge is 0.416 e. The first-order valence-electron chi connectivity index (χ1n) is 11.5. The van der Waals surface area contributed by atoms with Crippen molar-refractivity contribution in [3.63, 3.8) is 0 Å². The molecule has 0 unspecified atom stereocenters. The van der Waals surface area contributed by atoms with E-state index in [9.17, 15) is 13.2 Å². The van der Waals surface area contributed by atoms with Crippen LogP contribution in [-0.2, 0) is 19.3 Å². The zero-order chi connectivity index (χ0) is 23.3. The van der Waals surface area contributed by atoms with Gasteiger partial charge in [0.1, 0.15) is 5.82 Å². The van der Waals surface area contributed by atoms with E-state index in [0.29, 0.717) is 23.2 Å². The van der Waals surface area contributed by atoms with Crippen LogP contribution in [0.4, 0.5) is 24.7 Å². The molecule has 2 aliphatic rings. The van der Waals surface area contributed by atoms with E-state index in [-0.39, 0.29) is 5.69 Å². The number of hydrogen-bond acceptors (Lipinski definition) is 5. The molecule has 2 aromatic heterocycles. The van der Waals surface area contributed by atoms with Gasteiger partial charge in [0.25, 0.3) is 0 Å². The van der Waals surface area contributed by atoms with Crippen LogP contribution in [0.15, 0.2) is 24.4 Å². The van der Waals surface area contributed by atoms with Crippen LogP contribution in [0.5, 0.6) is 0 Å². The molecule has 1 aliphatic heterocycles. The van der Waals surface area contributed by atoms with Crippen LogP contribution in [0, 0.1) is 6.92 Å². The number of hydrogen-bond donors (Lipinski definition) is 2. The number of rotatable bonds is 4. The van der Waals surface area contributed by atoms with Gasteiger partial charge >= 0.3 is 6.18 Å². The summed E-state index contributed by atoms with van der Waals surface area (Å²) in [4.78, 5) is 11.7. The van der Waals surface area contributed by atoms with Gasteiger partial charge in [-0.05, 0) is 50.5 Å². The molecule has 1 aromatic carbocycles. The van der Waals surface area contributed by atoms with Crippen molar-refractivity contribution >= 4 is 17.3 Å². The second kappa shape index (κ2) is 8.20. The fourth-order valence-electron chi connectivity index (χ4n) is 5.26. The molecule has 0 amide bonds. The SMILES string of the molecule is Cc1cnc2nc(N[C@H](C)c3cc(N)cc(C(F)(F)F)c3)c3c(n12)CN(C1CCCCC1)C3. The minimum atomic E-state index is -4.45. The third kappa shape index (κ3) is 4.14. The minimum absolute atomic E-state index is 0.0921. The summed E-state index contributed by atoms with van der Waals surface area (Å²) in [6.45, 7) is 5.46. The van der Waals surface area contributed by atoms with Crippen molar-refractivity contribution in [2.24, 2.45) is 0 Å². The monoisotopic (exact) mass is 458 g/mol. The number of halogens is 3. The Kier molecular flexibility index (Phi) is 5.47. The number of anilines is 2. The number of nitrogens with two attached hydrogens (primary N) is 1. The van der Waals surface area contributed by atoms with Gasteiger partial charge in [0, 0.05) is 41.8 Å². The lowest BCUT2D eigenvalue weighted by Gasteiger charge is -2.30. The van der Waals surface area contributed by atoms with Crippen LogP contribution in [0.3, 0.4) is 0 Å². The summed E-state index contributed by atoms with van der Waals surface area (Å²) in [5.74, 6) is 1.29. The van der Waals surface area contributed by atoms with E-state index in [1.54, 1.807) is 6.07 Å². The van der Waals surface area contributed by atoms with Crippen molar-refractivity contribution in [2.45, 2.75) is 77.3 Å². The molecule has 3 aromatic rings. The van der Waals surface area contributed by atoms with E-state index >= 15 is 0 Å². The van der Waals surface area contributed by atoms with Crippen molar-refractivity contribution in [1.29, 1.82) is 0 Å². The Hall–Kier alpha value is -2.81. The van der Waals surface area contributed by atoms with Crippen LogP contribution in [0.25, 0.3) is 5.78 Å². The first-order chi connectivity index (χ1) is 15.7. The van der Waals surface area contributed by atoms with Crippen LogP contribution in [-0.4, -0.2) is 25.3 Å². The number of nitrogens with one attached hydrogen (secondary N) is 1. The van der Waals surface area contributed by atoms with Crippen molar-refractivity contribution in [3.8, 4) is 0 Å². The van der Waals surface area contributed by atoms with Crippen LogP contribution >= 0.6 is 0 Å². The van der Waals surface area contributed by atoms with Gasteiger partial charge in [0.05, 0.1) is 17.8 Å². The molecule has 5 rings (SSSR count). The second-order valence-corrected chi connectivity index (χ2v) is 9.37. The van der Waals surface area contributed by atoms with Gasteiger partial charge in [0.15, 0.2) is 0 Å². The van der Waals surface area contributed by atoms with Crippen molar-refractivity contribution in [2.75, 3.05) is 11.1 Å². The molecule has 1 atom stereocenters. The van der Waals surface area contributed by atoms with Crippen LogP contribution in [0.2, 0.25) is 0 Å². The molecule has 0 bridgehead atoms. The number of nitrogen functional groups attached to an aromatic ring is 1. The fraction of sp³-hybridized carbons (Fsp3) is 0.500. The molecule has 3 heterocycles. The van der Waals surface area contributed by atoms with Gasteiger partial charge in [0.2, 0.25) is 5.78 Å². The molecule has 6 nitrogen and oxygen atoms in total. The summed E-state index contributed by atoms with van der Waals surface area (Å²) in [5, 5.41) is 3.38. The lowest BCUT2D eigenvalue weighted by molar-refractivity contribution is -0.137. The summed E-state index contributed by atoms with van der Waals surface area (Å²) >= 11 is 0. The van der Waals surface area contributed by atoms with E-state index in [0.717, 1.165) is 36.5 Å². The standard InChI is InChI=1S/C24H29F3N6/c1-14-11-29-23-31-22(30-15(2)16-8-17(24(25,26)27)10-18(28)9-16)20-12-32(13-21(20)33(14)23)19-6-4-3-5-7-19/h8-11,15,19H,3-7,12-13,28H2,1-2H3,(H,29,30,31)/t15-/m1/s1. The highest BCUT2D eigenvalue weighted by Gasteiger charge is 2.33. The number of fused-ring (bicyclic) bond motifs is 3. The Labute approximate surface area is 191 Å². The van der Waals surface area contributed by atoms with Crippen LogP contribution < -0.4 is 11.1 Å². The van der Waals surface area contributed by atoms with E-state index in [1.165, 1.54) is 37.8 Å². The molecule has 9 heteroatoms. The molecule has 3 N–H and O–H groups in total. The van der Waals surface area contributed by atoms with Gasteiger partial charge < -0.3 is 11.1 Å². The van der Waals surface area contributed by atoms with Gasteiger partial charge in [-0.3, -0.25) is 9.30 Å². The summed E-state index contributed by atoms with van der Waals surface area (Å²) < 4.78 is 42.0. The molecule has 176 valence electrons. The highest BCUT2D eigenvalue weighted by atomic mass is 19.4. The molecule has 1 fully saturated rings. The third-order valence-electron chi connectivity index (χ3n) is 7.00. The Morgan fingerprint density at radius 1 is 1.12 bits per heavy atom. The maximum Gasteiger partial charge on any atom is 0.416 e. The van der Waals surface area contributed by atoms with Crippen molar-refractivity contribution in [3.05, 3.63) is 52.5 Å². The zero-order valence-corrected chi connectivity index (χ0v) is 18.9. The maximum atomic E-state index is 13.3. The summed E-state index contributed by atoms with van der Waals surface area (Å²) in [6, 6.07) is 3.85. The first-order valence-corrected chi connectivity index (χ1v) is 11.5. The van der Waals surface area contributed by atoms with Crippen LogP contribution in [0.1, 0.15) is 73.1 Å². The highest BCUT2D eigenvalue weighted by Crippen LogP contribution is 2.37. The summed E-state index contributed by atoms with van der Waals surface area (Å²) in [7, 11) is 0. The van der Waals surface area contributed by atoms with E-state index < -0.39 is 17.8 Å². The topological polar surface area (TPSA) is 71.5 Å². The number of aryl methyl sites for hydroxylation is 1. The minimum Gasteiger partial charge on any atom is -0.399 e. The first kappa shape index (κ1) is 22.0. The molecule has 0 radical (unpaired) electrons. The van der Waals surface area contributed by atoms with Gasteiger partial charge in [-0.1, -0.05) is 19.3 Å². The number of imidazole rings is 1. The van der Waals surface area contributed by atoms with E-state index in [4.69, 9.17) is 10.7 Å². The quantitative estimate of drug-likeness (QED) is 0.508. The Morgan fingerprint density at radius 3 is 2.61 bits per heavy atom. The maximum absolute atomic E-state index is 13.3. The molecule has 1 aliphatic carbocycles. The summed E-state index contributed by atoms with van der Waals surface area (Å²) in [6.07, 6.45) is 3.59. The van der Waals surface area contributed by atoms with Gasteiger partial charge in [-0.15, -0.1) is 0 Å². The average molecular weight is 459 g/mol.